The third-order valence-electron chi connectivity index (χ3n) is 3.28. The van der Waals surface area contributed by atoms with Crippen LogP contribution in [0.4, 0.5) is 0 Å². The summed E-state index contributed by atoms with van der Waals surface area (Å²) in [6.45, 7) is 2.18. The highest BCUT2D eigenvalue weighted by atomic mass is 16.5. The number of allylic oxidation sites excluding steroid dienone is 1. The zero-order valence-electron chi connectivity index (χ0n) is 12.9. The van der Waals surface area contributed by atoms with E-state index < -0.39 is 0 Å². The normalized spacial score (nSPS) is 11.1. The van der Waals surface area contributed by atoms with E-state index in [1.807, 2.05) is 54.6 Å². The van der Waals surface area contributed by atoms with E-state index in [1.165, 1.54) is 0 Å². The van der Waals surface area contributed by atoms with Crippen LogP contribution >= 0.6 is 0 Å². The van der Waals surface area contributed by atoms with Crippen molar-refractivity contribution in [2.24, 2.45) is 0 Å². The van der Waals surface area contributed by atoms with Crippen molar-refractivity contribution in [2.45, 2.75) is 13.3 Å². The number of carbonyl (C=O) groups excluding carboxylic acids is 1. The lowest BCUT2D eigenvalue weighted by Crippen LogP contribution is -2.02. The van der Waals surface area contributed by atoms with Gasteiger partial charge in [-0.1, -0.05) is 42.5 Å². The second kappa shape index (κ2) is 8.03. The van der Waals surface area contributed by atoms with Gasteiger partial charge >= 0.3 is 5.97 Å². The van der Waals surface area contributed by atoms with E-state index in [0.717, 1.165) is 22.4 Å². The van der Waals surface area contributed by atoms with E-state index in [-0.39, 0.29) is 5.97 Å². The SMILES string of the molecule is CCOC(=O)/C=C(/Cc1ccc(OC)cc1)c1ccccc1. The topological polar surface area (TPSA) is 35.5 Å². The van der Waals surface area contributed by atoms with Crippen LogP contribution in [0.25, 0.3) is 5.57 Å². The minimum absolute atomic E-state index is 0.310. The van der Waals surface area contributed by atoms with Crippen molar-refractivity contribution in [1.29, 1.82) is 0 Å². The number of benzene rings is 2. The molecular formula is C19H20O3. The average molecular weight is 296 g/mol. The van der Waals surface area contributed by atoms with Crippen LogP contribution in [0.2, 0.25) is 0 Å². The number of hydrogen-bond donors (Lipinski definition) is 0. The van der Waals surface area contributed by atoms with Crippen LogP contribution in [-0.4, -0.2) is 19.7 Å². The van der Waals surface area contributed by atoms with Crippen molar-refractivity contribution >= 4 is 11.5 Å². The van der Waals surface area contributed by atoms with Gasteiger partial charge in [0.05, 0.1) is 13.7 Å². The van der Waals surface area contributed by atoms with Gasteiger partial charge in [-0.05, 0) is 42.2 Å². The average Bonchev–Trinajstić information content (AvgIpc) is 2.56. The van der Waals surface area contributed by atoms with E-state index in [9.17, 15) is 4.79 Å². The highest BCUT2D eigenvalue weighted by molar-refractivity contribution is 5.91. The summed E-state index contributed by atoms with van der Waals surface area (Å²) in [5.74, 6) is 0.509. The maximum Gasteiger partial charge on any atom is 0.331 e. The molecule has 0 radical (unpaired) electrons. The van der Waals surface area contributed by atoms with Crippen molar-refractivity contribution in [3.63, 3.8) is 0 Å². The summed E-state index contributed by atoms with van der Waals surface area (Å²) < 4.78 is 10.2. The van der Waals surface area contributed by atoms with Gasteiger partial charge in [0.1, 0.15) is 5.75 Å². The Morgan fingerprint density at radius 2 is 1.73 bits per heavy atom. The van der Waals surface area contributed by atoms with Crippen LogP contribution in [0.1, 0.15) is 18.1 Å². The molecule has 22 heavy (non-hydrogen) atoms. The molecule has 0 amide bonds. The number of carbonyl (C=O) groups is 1. The Morgan fingerprint density at radius 3 is 2.32 bits per heavy atom. The molecular weight excluding hydrogens is 276 g/mol. The number of methoxy groups -OCH3 is 1. The molecule has 0 spiro atoms. The lowest BCUT2D eigenvalue weighted by atomic mass is 9.98. The molecule has 0 fully saturated rings. The van der Waals surface area contributed by atoms with Crippen molar-refractivity contribution in [3.8, 4) is 5.75 Å². The van der Waals surface area contributed by atoms with Gasteiger partial charge < -0.3 is 9.47 Å². The zero-order chi connectivity index (χ0) is 15.8. The quantitative estimate of drug-likeness (QED) is 0.599. The summed E-state index contributed by atoms with van der Waals surface area (Å²) in [5, 5.41) is 0. The van der Waals surface area contributed by atoms with E-state index in [0.29, 0.717) is 13.0 Å². The first kappa shape index (κ1) is 15.8. The molecule has 0 saturated heterocycles. The van der Waals surface area contributed by atoms with Gasteiger partial charge in [-0.3, -0.25) is 0 Å². The Kier molecular flexibility index (Phi) is 5.78. The third-order valence-corrected chi connectivity index (χ3v) is 3.28. The maximum absolute atomic E-state index is 11.8. The maximum atomic E-state index is 11.8. The molecule has 0 bridgehead atoms. The Hall–Kier alpha value is -2.55. The van der Waals surface area contributed by atoms with E-state index in [4.69, 9.17) is 9.47 Å². The molecule has 0 aliphatic heterocycles. The molecule has 0 N–H and O–H groups in total. The van der Waals surface area contributed by atoms with E-state index >= 15 is 0 Å². The Morgan fingerprint density at radius 1 is 1.05 bits per heavy atom. The highest BCUT2D eigenvalue weighted by Gasteiger charge is 2.07. The van der Waals surface area contributed by atoms with Crippen LogP contribution in [0.5, 0.6) is 5.75 Å². The summed E-state index contributed by atoms with van der Waals surface area (Å²) in [4.78, 5) is 11.8. The van der Waals surface area contributed by atoms with Gasteiger partial charge in [-0.2, -0.15) is 0 Å². The third kappa shape index (κ3) is 4.48. The first-order chi connectivity index (χ1) is 10.7. The molecule has 0 saturated carbocycles. The highest BCUT2D eigenvalue weighted by Crippen LogP contribution is 2.21. The second-order valence-electron chi connectivity index (χ2n) is 4.81. The molecule has 2 rings (SSSR count). The molecule has 0 aliphatic rings. The van der Waals surface area contributed by atoms with Crippen LogP contribution < -0.4 is 4.74 Å². The number of rotatable bonds is 6. The molecule has 0 unspecified atom stereocenters. The Balaban J connectivity index is 2.26. The first-order valence-corrected chi connectivity index (χ1v) is 7.28. The fraction of sp³-hybridized carbons (Fsp3) is 0.211. The summed E-state index contributed by atoms with van der Waals surface area (Å²) in [6, 6.07) is 17.7. The molecule has 3 heteroatoms. The smallest absolute Gasteiger partial charge is 0.331 e. The van der Waals surface area contributed by atoms with Crippen molar-refractivity contribution in [3.05, 3.63) is 71.8 Å². The van der Waals surface area contributed by atoms with Crippen molar-refractivity contribution < 1.29 is 14.3 Å². The van der Waals surface area contributed by atoms with E-state index in [1.54, 1.807) is 20.1 Å². The molecule has 0 atom stereocenters. The largest absolute Gasteiger partial charge is 0.497 e. The van der Waals surface area contributed by atoms with Crippen LogP contribution in [0, 0.1) is 0 Å². The molecule has 0 aliphatic carbocycles. The van der Waals surface area contributed by atoms with Gasteiger partial charge in [0, 0.05) is 6.08 Å². The van der Waals surface area contributed by atoms with Crippen LogP contribution in [0.15, 0.2) is 60.7 Å². The number of hydrogen-bond acceptors (Lipinski definition) is 3. The van der Waals surface area contributed by atoms with Crippen LogP contribution in [-0.2, 0) is 16.0 Å². The van der Waals surface area contributed by atoms with Crippen molar-refractivity contribution in [1.82, 2.24) is 0 Å². The molecule has 2 aromatic carbocycles. The second-order valence-corrected chi connectivity index (χ2v) is 4.81. The van der Waals surface area contributed by atoms with Gasteiger partial charge in [0.2, 0.25) is 0 Å². The summed E-state index contributed by atoms with van der Waals surface area (Å²) in [5.41, 5.74) is 3.07. The minimum Gasteiger partial charge on any atom is -0.497 e. The lowest BCUT2D eigenvalue weighted by molar-refractivity contribution is -0.137. The Bertz CT molecular complexity index is 627. The summed E-state index contributed by atoms with van der Waals surface area (Å²) >= 11 is 0. The predicted octanol–water partition coefficient (Wildman–Crippen LogP) is 3.88. The minimum atomic E-state index is -0.310. The molecule has 114 valence electrons. The number of esters is 1. The molecule has 3 nitrogen and oxygen atoms in total. The first-order valence-electron chi connectivity index (χ1n) is 7.28. The predicted molar refractivity (Wildman–Crippen MR) is 87.8 cm³/mol. The van der Waals surface area contributed by atoms with Crippen LogP contribution in [0.3, 0.4) is 0 Å². The monoisotopic (exact) mass is 296 g/mol. The van der Waals surface area contributed by atoms with Crippen molar-refractivity contribution in [2.75, 3.05) is 13.7 Å². The fourth-order valence-corrected chi connectivity index (χ4v) is 2.18. The van der Waals surface area contributed by atoms with Gasteiger partial charge in [-0.15, -0.1) is 0 Å². The molecule has 2 aromatic rings. The van der Waals surface area contributed by atoms with Gasteiger partial charge in [0.25, 0.3) is 0 Å². The van der Waals surface area contributed by atoms with Gasteiger partial charge in [-0.25, -0.2) is 4.79 Å². The zero-order valence-corrected chi connectivity index (χ0v) is 12.9. The number of ether oxygens (including phenoxy) is 2. The lowest BCUT2D eigenvalue weighted by Gasteiger charge is -2.09. The standard InChI is InChI=1S/C19H20O3/c1-3-22-19(20)14-17(16-7-5-4-6-8-16)13-15-9-11-18(21-2)12-10-15/h4-12,14H,3,13H2,1-2H3/b17-14-. The summed E-state index contributed by atoms with van der Waals surface area (Å²) in [6.07, 6.45) is 2.23. The summed E-state index contributed by atoms with van der Waals surface area (Å²) in [7, 11) is 1.64. The van der Waals surface area contributed by atoms with Gasteiger partial charge in [0.15, 0.2) is 0 Å². The molecule has 0 heterocycles. The molecule has 0 aromatic heterocycles. The fourth-order valence-electron chi connectivity index (χ4n) is 2.18. The Labute approximate surface area is 131 Å². The van der Waals surface area contributed by atoms with E-state index in [2.05, 4.69) is 0 Å².